The lowest BCUT2D eigenvalue weighted by Gasteiger charge is -2.10. The van der Waals surface area contributed by atoms with E-state index in [1.54, 1.807) is 4.90 Å². The van der Waals surface area contributed by atoms with Gasteiger partial charge in [0.15, 0.2) is 0 Å². The van der Waals surface area contributed by atoms with Crippen LogP contribution in [0, 0.1) is 5.92 Å². The minimum atomic E-state index is -0.0186. The summed E-state index contributed by atoms with van der Waals surface area (Å²) >= 11 is 5.00. The van der Waals surface area contributed by atoms with E-state index in [1.807, 2.05) is 13.8 Å². The minimum Gasteiger partial charge on any atom is -0.338 e. The zero-order chi connectivity index (χ0) is 7.72. The predicted octanol–water partition coefficient (Wildman–Crippen LogP) is 0.855. The lowest BCUT2D eigenvalue weighted by Crippen LogP contribution is -2.25. The van der Waals surface area contributed by atoms with Crippen molar-refractivity contribution in [2.75, 3.05) is 13.1 Å². The smallest absolute Gasteiger partial charge is 0.230 e. The van der Waals surface area contributed by atoms with Gasteiger partial charge >= 0.3 is 0 Å². The normalized spacial score (nSPS) is 26.2. The van der Waals surface area contributed by atoms with Crippen molar-refractivity contribution >= 4 is 23.0 Å². The van der Waals surface area contributed by atoms with Crippen LogP contribution < -0.4 is 0 Å². The zero-order valence-electron chi connectivity index (χ0n) is 6.26. The summed E-state index contributed by atoms with van der Waals surface area (Å²) in [5, 5.41) is 0. The van der Waals surface area contributed by atoms with Gasteiger partial charge < -0.3 is 4.90 Å². The highest BCUT2D eigenvalue weighted by atomic mass is 32.1. The van der Waals surface area contributed by atoms with Crippen LogP contribution in [0.5, 0.6) is 0 Å². The average molecular weight is 157 g/mol. The lowest BCUT2D eigenvalue weighted by molar-refractivity contribution is -0.129. The molecule has 1 rings (SSSR count). The van der Waals surface area contributed by atoms with Crippen LogP contribution in [0.2, 0.25) is 0 Å². The summed E-state index contributed by atoms with van der Waals surface area (Å²) in [6.07, 6.45) is 0. The van der Waals surface area contributed by atoms with Gasteiger partial charge in [0.1, 0.15) is 0 Å². The molecule has 3 heteroatoms. The van der Waals surface area contributed by atoms with Gasteiger partial charge in [-0.05, 0) is 13.8 Å². The van der Waals surface area contributed by atoms with E-state index in [4.69, 9.17) is 12.2 Å². The Morgan fingerprint density at radius 1 is 1.80 bits per heavy atom. The molecule has 10 heavy (non-hydrogen) atoms. The van der Waals surface area contributed by atoms with E-state index in [1.165, 1.54) is 0 Å². The molecule has 2 nitrogen and oxygen atoms in total. The van der Waals surface area contributed by atoms with Gasteiger partial charge in [-0.25, -0.2) is 0 Å². The number of amides is 1. The van der Waals surface area contributed by atoms with Crippen molar-refractivity contribution in [3.8, 4) is 0 Å². The first-order valence-corrected chi connectivity index (χ1v) is 3.89. The summed E-state index contributed by atoms with van der Waals surface area (Å²) in [7, 11) is 0. The minimum absolute atomic E-state index is 0.0186. The molecule has 0 aromatic heterocycles. The van der Waals surface area contributed by atoms with Crippen LogP contribution in [-0.4, -0.2) is 28.8 Å². The van der Waals surface area contributed by atoms with Crippen LogP contribution in [0.3, 0.4) is 0 Å². The first kappa shape index (κ1) is 7.66. The van der Waals surface area contributed by atoms with Gasteiger partial charge in [0.05, 0.1) is 12.5 Å². The van der Waals surface area contributed by atoms with Crippen LogP contribution in [0.15, 0.2) is 0 Å². The standard InChI is InChI=1S/C7H11NOS/c1-3-8-4-6(10)5(2)7(8)9/h5H,3-4H2,1-2H3. The van der Waals surface area contributed by atoms with Crippen molar-refractivity contribution in [3.63, 3.8) is 0 Å². The topological polar surface area (TPSA) is 20.3 Å². The quantitative estimate of drug-likeness (QED) is 0.526. The number of thiocarbonyl (C=S) groups is 1. The molecular weight excluding hydrogens is 146 g/mol. The molecule has 1 aliphatic rings. The first-order chi connectivity index (χ1) is 4.66. The number of hydrogen-bond donors (Lipinski definition) is 0. The number of carbonyl (C=O) groups is 1. The van der Waals surface area contributed by atoms with E-state index < -0.39 is 0 Å². The molecule has 0 aromatic rings. The molecule has 1 aliphatic heterocycles. The highest BCUT2D eigenvalue weighted by molar-refractivity contribution is 7.80. The highest BCUT2D eigenvalue weighted by Crippen LogP contribution is 2.14. The summed E-state index contributed by atoms with van der Waals surface area (Å²) in [6.45, 7) is 5.31. The molecule has 0 aromatic carbocycles. The Kier molecular flexibility index (Phi) is 2.04. The molecule has 1 saturated heterocycles. The van der Waals surface area contributed by atoms with Gasteiger partial charge in [-0.15, -0.1) is 0 Å². The molecule has 0 saturated carbocycles. The highest BCUT2D eigenvalue weighted by Gasteiger charge is 2.30. The monoisotopic (exact) mass is 157 g/mol. The molecule has 0 spiro atoms. The van der Waals surface area contributed by atoms with Gasteiger partial charge in [-0.2, -0.15) is 0 Å². The van der Waals surface area contributed by atoms with Crippen molar-refractivity contribution in [2.24, 2.45) is 5.92 Å². The number of likely N-dealkylation sites (tertiary alicyclic amines) is 1. The maximum atomic E-state index is 11.2. The second kappa shape index (κ2) is 2.66. The largest absolute Gasteiger partial charge is 0.338 e. The Morgan fingerprint density at radius 2 is 2.40 bits per heavy atom. The SMILES string of the molecule is CCN1CC(=S)C(C)C1=O. The Balaban J connectivity index is 2.71. The molecule has 1 fully saturated rings. The molecule has 0 bridgehead atoms. The number of rotatable bonds is 1. The number of carbonyl (C=O) groups excluding carboxylic acids is 1. The second-order valence-electron chi connectivity index (χ2n) is 2.54. The van der Waals surface area contributed by atoms with Crippen molar-refractivity contribution in [1.82, 2.24) is 4.90 Å². The van der Waals surface area contributed by atoms with Crippen LogP contribution in [-0.2, 0) is 4.79 Å². The maximum absolute atomic E-state index is 11.2. The molecule has 56 valence electrons. The summed E-state index contributed by atoms with van der Waals surface area (Å²) < 4.78 is 0. The van der Waals surface area contributed by atoms with E-state index in [0.717, 1.165) is 11.4 Å². The maximum Gasteiger partial charge on any atom is 0.230 e. The van der Waals surface area contributed by atoms with Gasteiger partial charge in [-0.1, -0.05) is 12.2 Å². The van der Waals surface area contributed by atoms with Crippen molar-refractivity contribution in [3.05, 3.63) is 0 Å². The van der Waals surface area contributed by atoms with Crippen molar-refractivity contribution in [1.29, 1.82) is 0 Å². The van der Waals surface area contributed by atoms with Gasteiger partial charge in [-0.3, -0.25) is 4.79 Å². The van der Waals surface area contributed by atoms with Crippen molar-refractivity contribution < 1.29 is 4.79 Å². The van der Waals surface area contributed by atoms with E-state index >= 15 is 0 Å². The van der Waals surface area contributed by atoms with Crippen LogP contribution in [0.4, 0.5) is 0 Å². The zero-order valence-corrected chi connectivity index (χ0v) is 7.07. The Hall–Kier alpha value is -0.440. The third kappa shape index (κ3) is 1.06. The molecule has 0 radical (unpaired) electrons. The Morgan fingerprint density at radius 3 is 2.60 bits per heavy atom. The third-order valence-electron chi connectivity index (χ3n) is 1.89. The molecular formula is C7H11NOS. The van der Waals surface area contributed by atoms with E-state index in [2.05, 4.69) is 0 Å². The van der Waals surface area contributed by atoms with Gasteiger partial charge in [0, 0.05) is 11.4 Å². The summed E-state index contributed by atoms with van der Waals surface area (Å²) in [5.74, 6) is 0.169. The molecule has 0 N–H and O–H groups in total. The Labute approximate surface area is 66.2 Å². The van der Waals surface area contributed by atoms with E-state index in [9.17, 15) is 4.79 Å². The van der Waals surface area contributed by atoms with Crippen molar-refractivity contribution in [2.45, 2.75) is 13.8 Å². The fraction of sp³-hybridized carbons (Fsp3) is 0.714. The summed E-state index contributed by atoms with van der Waals surface area (Å²) in [5.41, 5.74) is 0. The van der Waals surface area contributed by atoms with E-state index in [0.29, 0.717) is 6.54 Å². The molecule has 0 aliphatic carbocycles. The lowest BCUT2D eigenvalue weighted by atomic mass is 10.1. The molecule has 1 unspecified atom stereocenters. The molecule has 1 amide bonds. The number of hydrogen-bond acceptors (Lipinski definition) is 2. The van der Waals surface area contributed by atoms with E-state index in [-0.39, 0.29) is 11.8 Å². The van der Waals surface area contributed by atoms with Gasteiger partial charge in [0.25, 0.3) is 0 Å². The van der Waals surface area contributed by atoms with Crippen LogP contribution in [0.25, 0.3) is 0 Å². The number of nitrogens with zero attached hydrogens (tertiary/aromatic N) is 1. The Bertz CT molecular complexity index is 178. The average Bonchev–Trinajstić information content (AvgIpc) is 2.17. The second-order valence-corrected chi connectivity index (χ2v) is 3.06. The molecule has 1 heterocycles. The first-order valence-electron chi connectivity index (χ1n) is 3.48. The summed E-state index contributed by atoms with van der Waals surface area (Å²) in [6, 6.07) is 0. The fourth-order valence-electron chi connectivity index (χ4n) is 1.08. The third-order valence-corrected chi connectivity index (χ3v) is 2.38. The van der Waals surface area contributed by atoms with Crippen LogP contribution >= 0.6 is 12.2 Å². The van der Waals surface area contributed by atoms with Gasteiger partial charge in [0.2, 0.25) is 5.91 Å². The van der Waals surface area contributed by atoms with Crippen LogP contribution in [0.1, 0.15) is 13.8 Å². The summed E-state index contributed by atoms with van der Waals surface area (Å²) in [4.78, 5) is 13.9. The fourth-order valence-corrected chi connectivity index (χ4v) is 1.34. The molecule has 1 atom stereocenters. The predicted molar refractivity (Wildman–Crippen MR) is 44.0 cm³/mol.